The third kappa shape index (κ3) is 2.02. The van der Waals surface area contributed by atoms with Gasteiger partial charge in [0.2, 0.25) is 11.8 Å². The number of hydrogen-bond acceptors (Lipinski definition) is 4. The Hall–Kier alpha value is -1.39. The van der Waals surface area contributed by atoms with Crippen LogP contribution in [0.4, 0.5) is 0 Å². The predicted molar refractivity (Wildman–Crippen MR) is 64.7 cm³/mol. The van der Waals surface area contributed by atoms with Gasteiger partial charge in [0.05, 0.1) is 0 Å². The van der Waals surface area contributed by atoms with Crippen molar-refractivity contribution in [1.29, 1.82) is 0 Å². The molecule has 98 valence electrons. The van der Waals surface area contributed by atoms with Crippen LogP contribution >= 0.6 is 0 Å². The molecule has 1 aliphatic carbocycles. The highest BCUT2D eigenvalue weighted by Crippen LogP contribution is 2.35. The molecule has 1 aromatic rings. The van der Waals surface area contributed by atoms with E-state index in [1.807, 2.05) is 11.8 Å². The van der Waals surface area contributed by atoms with Crippen molar-refractivity contribution >= 4 is 5.91 Å². The zero-order chi connectivity index (χ0) is 12.5. The summed E-state index contributed by atoms with van der Waals surface area (Å²) in [6.07, 6.45) is 6.45. The van der Waals surface area contributed by atoms with Crippen molar-refractivity contribution in [2.45, 2.75) is 51.5 Å². The van der Waals surface area contributed by atoms with Crippen LogP contribution in [0.25, 0.3) is 0 Å². The van der Waals surface area contributed by atoms with Crippen molar-refractivity contribution in [2.24, 2.45) is 5.92 Å². The van der Waals surface area contributed by atoms with Crippen LogP contribution in [0.1, 0.15) is 56.3 Å². The Morgan fingerprint density at radius 3 is 2.72 bits per heavy atom. The fourth-order valence-electron chi connectivity index (χ4n) is 3.14. The molecule has 0 spiro atoms. The number of amides is 1. The van der Waals surface area contributed by atoms with Gasteiger partial charge in [-0.3, -0.25) is 4.79 Å². The lowest BCUT2D eigenvalue weighted by Gasteiger charge is -2.24. The SMILES string of the molecule is Cc1noc(C2CCCN2C(=O)C2CCCC2)n1. The van der Waals surface area contributed by atoms with E-state index in [2.05, 4.69) is 10.1 Å². The first-order chi connectivity index (χ1) is 8.75. The number of carbonyl (C=O) groups excluding carboxylic acids is 1. The average molecular weight is 249 g/mol. The topological polar surface area (TPSA) is 59.2 Å². The molecule has 2 fully saturated rings. The van der Waals surface area contributed by atoms with Crippen LogP contribution in [-0.4, -0.2) is 27.5 Å². The Labute approximate surface area is 107 Å². The Kier molecular flexibility index (Phi) is 3.06. The van der Waals surface area contributed by atoms with Crippen LogP contribution in [0.15, 0.2) is 4.52 Å². The molecule has 3 rings (SSSR count). The van der Waals surface area contributed by atoms with Crippen LogP contribution in [0.3, 0.4) is 0 Å². The van der Waals surface area contributed by atoms with E-state index in [1.165, 1.54) is 12.8 Å². The lowest BCUT2D eigenvalue weighted by molar-refractivity contribution is -0.136. The van der Waals surface area contributed by atoms with Gasteiger partial charge in [0.1, 0.15) is 6.04 Å². The molecule has 2 aliphatic rings. The minimum Gasteiger partial charge on any atom is -0.337 e. The van der Waals surface area contributed by atoms with Crippen molar-refractivity contribution in [3.63, 3.8) is 0 Å². The van der Waals surface area contributed by atoms with Gasteiger partial charge < -0.3 is 9.42 Å². The van der Waals surface area contributed by atoms with Gasteiger partial charge in [-0.15, -0.1) is 0 Å². The molecule has 0 aromatic carbocycles. The molecule has 2 heterocycles. The summed E-state index contributed by atoms with van der Waals surface area (Å²) in [6.45, 7) is 2.65. The summed E-state index contributed by atoms with van der Waals surface area (Å²) in [7, 11) is 0. The Morgan fingerprint density at radius 2 is 2.06 bits per heavy atom. The zero-order valence-electron chi connectivity index (χ0n) is 10.8. The van der Waals surface area contributed by atoms with Crippen LogP contribution in [-0.2, 0) is 4.79 Å². The fraction of sp³-hybridized carbons (Fsp3) is 0.769. The fourth-order valence-corrected chi connectivity index (χ4v) is 3.14. The lowest BCUT2D eigenvalue weighted by Crippen LogP contribution is -2.35. The van der Waals surface area contributed by atoms with Crippen molar-refractivity contribution in [3.05, 3.63) is 11.7 Å². The maximum absolute atomic E-state index is 12.5. The maximum atomic E-state index is 12.5. The Bertz CT molecular complexity index is 437. The molecule has 18 heavy (non-hydrogen) atoms. The van der Waals surface area contributed by atoms with E-state index in [0.717, 1.165) is 32.2 Å². The van der Waals surface area contributed by atoms with Crippen molar-refractivity contribution in [3.8, 4) is 0 Å². The molecule has 1 unspecified atom stereocenters. The largest absolute Gasteiger partial charge is 0.337 e. The van der Waals surface area contributed by atoms with Crippen LogP contribution in [0.5, 0.6) is 0 Å². The van der Waals surface area contributed by atoms with Crippen LogP contribution in [0, 0.1) is 12.8 Å². The van der Waals surface area contributed by atoms with Gasteiger partial charge in [0.15, 0.2) is 5.82 Å². The second-order valence-electron chi connectivity index (χ2n) is 5.35. The standard InChI is InChI=1S/C13H19N3O2/c1-9-14-12(18-15-9)11-7-4-8-16(11)13(17)10-5-2-3-6-10/h10-11H,2-8H2,1H3. The zero-order valence-corrected chi connectivity index (χ0v) is 10.8. The smallest absolute Gasteiger partial charge is 0.249 e. The Morgan fingerprint density at radius 1 is 1.28 bits per heavy atom. The number of aromatic nitrogens is 2. The van der Waals surface area contributed by atoms with E-state index in [1.54, 1.807) is 0 Å². The normalized spacial score (nSPS) is 24.9. The summed E-state index contributed by atoms with van der Waals surface area (Å²) < 4.78 is 5.24. The highest BCUT2D eigenvalue weighted by atomic mass is 16.5. The van der Waals surface area contributed by atoms with E-state index in [4.69, 9.17) is 4.52 Å². The molecule has 5 nitrogen and oxygen atoms in total. The molecule has 1 aromatic heterocycles. The molecule has 0 bridgehead atoms. The summed E-state index contributed by atoms with van der Waals surface area (Å²) in [5, 5.41) is 3.83. The highest BCUT2D eigenvalue weighted by molar-refractivity contribution is 5.79. The predicted octanol–water partition coefficient (Wildman–Crippen LogP) is 2.23. The molecule has 1 saturated carbocycles. The van der Waals surface area contributed by atoms with E-state index >= 15 is 0 Å². The molecule has 1 amide bonds. The van der Waals surface area contributed by atoms with Crippen LogP contribution < -0.4 is 0 Å². The van der Waals surface area contributed by atoms with Gasteiger partial charge in [-0.1, -0.05) is 18.0 Å². The van der Waals surface area contributed by atoms with Gasteiger partial charge in [0, 0.05) is 12.5 Å². The minimum atomic E-state index is 0.0132. The van der Waals surface area contributed by atoms with Crippen molar-refractivity contribution < 1.29 is 9.32 Å². The van der Waals surface area contributed by atoms with Crippen molar-refractivity contribution in [2.75, 3.05) is 6.54 Å². The van der Waals surface area contributed by atoms with Crippen LogP contribution in [0.2, 0.25) is 0 Å². The second-order valence-corrected chi connectivity index (χ2v) is 5.35. The monoisotopic (exact) mass is 249 g/mol. The molecule has 1 atom stereocenters. The maximum Gasteiger partial charge on any atom is 0.249 e. The number of likely N-dealkylation sites (tertiary alicyclic amines) is 1. The first-order valence-electron chi connectivity index (χ1n) is 6.86. The summed E-state index contributed by atoms with van der Waals surface area (Å²) in [4.78, 5) is 18.7. The number of rotatable bonds is 2. The molecule has 0 radical (unpaired) electrons. The molecule has 1 aliphatic heterocycles. The molecule has 1 saturated heterocycles. The van der Waals surface area contributed by atoms with E-state index in [9.17, 15) is 4.79 Å². The van der Waals surface area contributed by atoms with E-state index < -0.39 is 0 Å². The van der Waals surface area contributed by atoms with Crippen molar-refractivity contribution in [1.82, 2.24) is 15.0 Å². The quantitative estimate of drug-likeness (QED) is 0.806. The minimum absolute atomic E-state index is 0.0132. The second kappa shape index (κ2) is 4.71. The summed E-state index contributed by atoms with van der Waals surface area (Å²) >= 11 is 0. The van der Waals surface area contributed by atoms with Gasteiger partial charge in [0.25, 0.3) is 0 Å². The number of carbonyl (C=O) groups is 1. The first-order valence-corrected chi connectivity index (χ1v) is 6.86. The van der Waals surface area contributed by atoms with E-state index in [0.29, 0.717) is 17.6 Å². The van der Waals surface area contributed by atoms with Gasteiger partial charge in [-0.2, -0.15) is 4.98 Å². The van der Waals surface area contributed by atoms with E-state index in [-0.39, 0.29) is 12.0 Å². The number of hydrogen-bond donors (Lipinski definition) is 0. The summed E-state index contributed by atoms with van der Waals surface area (Å²) in [6, 6.07) is 0.0132. The summed E-state index contributed by atoms with van der Waals surface area (Å²) in [5.74, 6) is 1.78. The molecular weight excluding hydrogens is 230 g/mol. The van der Waals surface area contributed by atoms with Gasteiger partial charge >= 0.3 is 0 Å². The average Bonchev–Trinajstić information content (AvgIpc) is 3.09. The van der Waals surface area contributed by atoms with Gasteiger partial charge in [-0.05, 0) is 32.6 Å². The Balaban J connectivity index is 1.76. The number of nitrogens with zero attached hydrogens (tertiary/aromatic N) is 3. The van der Waals surface area contributed by atoms with Gasteiger partial charge in [-0.25, -0.2) is 0 Å². The third-order valence-electron chi connectivity index (χ3n) is 4.07. The summed E-state index contributed by atoms with van der Waals surface area (Å²) in [5.41, 5.74) is 0. The molecular formula is C13H19N3O2. The molecule has 5 heteroatoms. The highest BCUT2D eigenvalue weighted by Gasteiger charge is 2.37. The third-order valence-corrected chi connectivity index (χ3v) is 4.07. The first kappa shape index (κ1) is 11.7. The number of aryl methyl sites for hydroxylation is 1. The lowest BCUT2D eigenvalue weighted by atomic mass is 10.1. The molecule has 0 N–H and O–H groups in total.